The first-order valence-electron chi connectivity index (χ1n) is 6.98. The van der Waals surface area contributed by atoms with Crippen LogP contribution in [0, 0.1) is 0 Å². The lowest BCUT2D eigenvalue weighted by atomic mass is 10.1. The number of fused-ring (bicyclic) bond motifs is 1. The lowest BCUT2D eigenvalue weighted by Crippen LogP contribution is -1.96. The zero-order valence-electron chi connectivity index (χ0n) is 11.9. The fourth-order valence-electron chi connectivity index (χ4n) is 2.40. The van der Waals surface area contributed by atoms with E-state index in [1.807, 2.05) is 35.3 Å². The summed E-state index contributed by atoms with van der Waals surface area (Å²) in [6.07, 6.45) is 1.16. The molecule has 3 rings (SSSR count). The summed E-state index contributed by atoms with van der Waals surface area (Å²) in [6, 6.07) is 15.4. The molecule has 0 N–H and O–H groups in total. The number of hydrogen-bond acceptors (Lipinski definition) is 4. The van der Waals surface area contributed by atoms with Gasteiger partial charge < -0.3 is 0 Å². The third-order valence-electron chi connectivity index (χ3n) is 3.47. The van der Waals surface area contributed by atoms with E-state index < -0.39 is 0 Å². The third kappa shape index (κ3) is 3.98. The SMILES string of the molecule is CC(CC1=CSC(c2ccc3ccccc3c2)S1)SCS. The molecule has 2 aromatic carbocycles. The summed E-state index contributed by atoms with van der Waals surface area (Å²) in [6.45, 7) is 2.29. The first kappa shape index (κ1) is 15.7. The minimum Gasteiger partial charge on any atom is -0.168 e. The lowest BCUT2D eigenvalue weighted by Gasteiger charge is -2.13. The molecule has 0 aliphatic carbocycles. The summed E-state index contributed by atoms with van der Waals surface area (Å²) in [5.74, 6) is 0. The maximum Gasteiger partial charge on any atom is 0.0837 e. The van der Waals surface area contributed by atoms with Gasteiger partial charge in [0.05, 0.1) is 4.58 Å². The fourth-order valence-corrected chi connectivity index (χ4v) is 6.55. The van der Waals surface area contributed by atoms with E-state index in [1.54, 1.807) is 0 Å². The molecule has 2 unspecified atom stereocenters. The van der Waals surface area contributed by atoms with Crippen molar-refractivity contribution < 1.29 is 0 Å². The zero-order valence-corrected chi connectivity index (χ0v) is 15.2. The van der Waals surface area contributed by atoms with Crippen LogP contribution in [-0.4, -0.2) is 10.3 Å². The van der Waals surface area contributed by atoms with Crippen LogP contribution in [0.2, 0.25) is 0 Å². The van der Waals surface area contributed by atoms with Crippen molar-refractivity contribution in [3.63, 3.8) is 0 Å². The molecule has 0 fully saturated rings. The maximum absolute atomic E-state index is 4.30. The molecule has 0 spiro atoms. The Morgan fingerprint density at radius 1 is 1.19 bits per heavy atom. The van der Waals surface area contributed by atoms with E-state index >= 15 is 0 Å². The number of hydrogen-bond donors (Lipinski definition) is 1. The second-order valence-electron chi connectivity index (χ2n) is 5.09. The normalized spacial score (nSPS) is 19.7. The van der Waals surface area contributed by atoms with Crippen molar-refractivity contribution in [3.8, 4) is 0 Å². The monoisotopic (exact) mass is 350 g/mol. The number of rotatable bonds is 5. The molecule has 2 atom stereocenters. The Hall–Kier alpha value is -0.160. The Balaban J connectivity index is 1.68. The molecule has 4 heteroatoms. The molecular formula is C17H18S4. The predicted octanol–water partition coefficient (Wildman–Crippen LogP) is 6.56. The Labute approximate surface area is 144 Å². The highest BCUT2D eigenvalue weighted by molar-refractivity contribution is 8.22. The summed E-state index contributed by atoms with van der Waals surface area (Å²) in [5, 5.41) is 6.56. The predicted molar refractivity (Wildman–Crippen MR) is 105 cm³/mol. The second kappa shape index (κ2) is 7.40. The van der Waals surface area contributed by atoms with E-state index in [2.05, 4.69) is 67.4 Å². The van der Waals surface area contributed by atoms with Gasteiger partial charge in [-0.05, 0) is 39.1 Å². The molecule has 1 aliphatic rings. The highest BCUT2D eigenvalue weighted by atomic mass is 32.2. The van der Waals surface area contributed by atoms with Crippen LogP contribution in [0.4, 0.5) is 0 Å². The van der Waals surface area contributed by atoms with Crippen LogP contribution in [0.15, 0.2) is 52.8 Å². The Morgan fingerprint density at radius 2 is 2.00 bits per heavy atom. The Bertz CT molecular complexity index is 650. The molecule has 0 aromatic heterocycles. The minimum absolute atomic E-state index is 0.512. The zero-order chi connectivity index (χ0) is 14.7. The highest BCUT2D eigenvalue weighted by Crippen LogP contribution is 2.52. The van der Waals surface area contributed by atoms with Gasteiger partial charge in [0.2, 0.25) is 0 Å². The molecule has 21 heavy (non-hydrogen) atoms. The molecule has 0 saturated carbocycles. The molecule has 0 nitrogen and oxygen atoms in total. The van der Waals surface area contributed by atoms with Crippen molar-refractivity contribution in [2.75, 3.05) is 5.08 Å². The standard InChI is InChI=1S/C17H18S4/c1-12(20-11-18)8-16-10-19-17(21-16)15-7-6-13-4-2-3-5-14(13)9-15/h2-7,9-10,12,17-18H,8,11H2,1H3. The van der Waals surface area contributed by atoms with Gasteiger partial charge in [-0.1, -0.05) is 43.3 Å². The maximum atomic E-state index is 4.30. The van der Waals surface area contributed by atoms with Crippen LogP contribution in [0.25, 0.3) is 10.8 Å². The van der Waals surface area contributed by atoms with Gasteiger partial charge in [-0.15, -0.1) is 35.3 Å². The number of thiol groups is 1. The van der Waals surface area contributed by atoms with Crippen molar-refractivity contribution in [1.29, 1.82) is 0 Å². The van der Waals surface area contributed by atoms with Crippen molar-refractivity contribution >= 4 is 58.7 Å². The second-order valence-corrected chi connectivity index (χ2v) is 9.77. The smallest absolute Gasteiger partial charge is 0.0837 e. The van der Waals surface area contributed by atoms with E-state index in [-0.39, 0.29) is 0 Å². The third-order valence-corrected chi connectivity index (χ3v) is 7.59. The van der Waals surface area contributed by atoms with Gasteiger partial charge in [-0.25, -0.2) is 0 Å². The summed E-state index contributed by atoms with van der Waals surface area (Å²) in [4.78, 5) is 1.51. The Kier molecular flexibility index (Phi) is 5.54. The summed E-state index contributed by atoms with van der Waals surface area (Å²) in [5.41, 5.74) is 1.42. The van der Waals surface area contributed by atoms with Crippen molar-refractivity contribution in [3.05, 3.63) is 58.3 Å². The van der Waals surface area contributed by atoms with Crippen molar-refractivity contribution in [1.82, 2.24) is 0 Å². The van der Waals surface area contributed by atoms with Crippen LogP contribution >= 0.6 is 47.9 Å². The number of thioether (sulfide) groups is 3. The van der Waals surface area contributed by atoms with Crippen LogP contribution in [0.1, 0.15) is 23.5 Å². The van der Waals surface area contributed by atoms with Crippen LogP contribution in [0.3, 0.4) is 0 Å². The van der Waals surface area contributed by atoms with Gasteiger partial charge in [0.1, 0.15) is 0 Å². The molecular weight excluding hydrogens is 332 g/mol. The molecule has 2 aromatic rings. The van der Waals surface area contributed by atoms with Gasteiger partial charge in [-0.2, -0.15) is 12.6 Å². The molecule has 0 saturated heterocycles. The van der Waals surface area contributed by atoms with Gasteiger partial charge in [-0.3, -0.25) is 0 Å². The Morgan fingerprint density at radius 3 is 2.81 bits per heavy atom. The quantitative estimate of drug-likeness (QED) is 0.479. The molecule has 110 valence electrons. The largest absolute Gasteiger partial charge is 0.168 e. The summed E-state index contributed by atoms with van der Waals surface area (Å²) >= 11 is 10.2. The average Bonchev–Trinajstić information content (AvgIpc) is 2.95. The molecule has 1 aliphatic heterocycles. The van der Waals surface area contributed by atoms with Crippen LogP contribution in [0.5, 0.6) is 0 Å². The fraction of sp³-hybridized carbons (Fsp3) is 0.294. The van der Waals surface area contributed by atoms with Crippen LogP contribution in [-0.2, 0) is 0 Å². The topological polar surface area (TPSA) is 0 Å². The van der Waals surface area contributed by atoms with Gasteiger partial charge >= 0.3 is 0 Å². The van der Waals surface area contributed by atoms with E-state index in [4.69, 9.17) is 0 Å². The lowest BCUT2D eigenvalue weighted by molar-refractivity contribution is 0.974. The van der Waals surface area contributed by atoms with Gasteiger partial charge in [0.15, 0.2) is 0 Å². The first-order valence-corrected chi connectivity index (χ1v) is 10.5. The molecule has 0 bridgehead atoms. The number of allylic oxidation sites excluding steroid dienone is 1. The molecule has 1 heterocycles. The first-order chi connectivity index (χ1) is 10.3. The van der Waals surface area contributed by atoms with E-state index in [9.17, 15) is 0 Å². The summed E-state index contributed by atoms with van der Waals surface area (Å²) < 4.78 is 0.512. The van der Waals surface area contributed by atoms with E-state index in [0.717, 1.165) is 11.5 Å². The van der Waals surface area contributed by atoms with E-state index in [1.165, 1.54) is 21.2 Å². The molecule has 0 amide bonds. The van der Waals surface area contributed by atoms with Gasteiger partial charge in [0, 0.05) is 10.3 Å². The number of benzene rings is 2. The minimum atomic E-state index is 0.512. The van der Waals surface area contributed by atoms with Crippen molar-refractivity contribution in [2.45, 2.75) is 23.2 Å². The average molecular weight is 351 g/mol. The van der Waals surface area contributed by atoms with Crippen molar-refractivity contribution in [2.24, 2.45) is 0 Å². The highest BCUT2D eigenvalue weighted by Gasteiger charge is 2.21. The van der Waals surface area contributed by atoms with E-state index in [0.29, 0.717) is 9.83 Å². The summed E-state index contributed by atoms with van der Waals surface area (Å²) in [7, 11) is 0. The van der Waals surface area contributed by atoms with Gasteiger partial charge in [0.25, 0.3) is 0 Å². The van der Waals surface area contributed by atoms with Crippen LogP contribution < -0.4 is 0 Å². The molecule has 0 radical (unpaired) electrons.